The van der Waals surface area contributed by atoms with E-state index in [-0.39, 0.29) is 0 Å². The van der Waals surface area contributed by atoms with Gasteiger partial charge in [0.2, 0.25) is 0 Å². The number of imidazole rings is 1. The van der Waals surface area contributed by atoms with E-state index in [1.807, 2.05) is 32.3 Å². The Morgan fingerprint density at radius 3 is 2.73 bits per heavy atom. The first-order valence-corrected chi connectivity index (χ1v) is 10.2. The second-order valence-electron chi connectivity index (χ2n) is 7.25. The zero-order chi connectivity index (χ0) is 18.1. The average Bonchev–Trinajstić information content (AvgIpc) is 3.04. The number of nitrogen functional groups attached to an aromatic ring is 1. The molecule has 0 amide bonds. The van der Waals surface area contributed by atoms with Gasteiger partial charge in [0.1, 0.15) is 0 Å². The third-order valence-corrected chi connectivity index (χ3v) is 6.35. The Hall–Kier alpha value is -2.21. The van der Waals surface area contributed by atoms with Crippen LogP contribution in [0.3, 0.4) is 0 Å². The predicted octanol–water partition coefficient (Wildman–Crippen LogP) is 5.18. The molecule has 1 aliphatic carbocycles. The average molecular weight is 368 g/mol. The number of hydrogen-bond donors (Lipinski definition) is 1. The quantitative estimate of drug-likeness (QED) is 0.512. The maximum absolute atomic E-state index is 6.26. The fourth-order valence-corrected chi connectivity index (χ4v) is 4.85. The third-order valence-electron chi connectivity index (χ3n) is 5.10. The van der Waals surface area contributed by atoms with Crippen molar-refractivity contribution in [2.75, 3.05) is 5.73 Å². The molecular weight excluding hydrogens is 342 g/mol. The molecule has 0 saturated heterocycles. The van der Waals surface area contributed by atoms with Crippen molar-refractivity contribution in [3.63, 3.8) is 0 Å². The predicted molar refractivity (Wildman–Crippen MR) is 109 cm³/mol. The Balaban J connectivity index is 1.58. The molecule has 0 unspecified atom stereocenters. The molecule has 0 radical (unpaired) electrons. The van der Waals surface area contributed by atoms with Crippen molar-refractivity contribution in [2.24, 2.45) is 4.99 Å². The lowest BCUT2D eigenvalue weighted by atomic mass is 9.98. The van der Waals surface area contributed by atoms with Gasteiger partial charge in [-0.1, -0.05) is 25.7 Å². The van der Waals surface area contributed by atoms with Gasteiger partial charge in [-0.15, -0.1) is 16.4 Å². The van der Waals surface area contributed by atoms with Crippen molar-refractivity contribution in [1.82, 2.24) is 14.6 Å². The van der Waals surface area contributed by atoms with Crippen LogP contribution in [0.2, 0.25) is 0 Å². The summed E-state index contributed by atoms with van der Waals surface area (Å²) in [5, 5.41) is 4.53. The molecule has 0 aromatic carbocycles. The van der Waals surface area contributed by atoms with Crippen molar-refractivity contribution in [2.45, 2.75) is 58.3 Å². The van der Waals surface area contributed by atoms with Crippen molar-refractivity contribution in [1.29, 1.82) is 0 Å². The van der Waals surface area contributed by atoms with Crippen LogP contribution in [-0.2, 0) is 0 Å². The highest BCUT2D eigenvalue weighted by Crippen LogP contribution is 2.37. The summed E-state index contributed by atoms with van der Waals surface area (Å²) in [6.45, 7) is 4.00. The minimum atomic E-state index is 0.664. The van der Waals surface area contributed by atoms with E-state index in [0.717, 1.165) is 27.5 Å². The molecule has 1 saturated carbocycles. The highest BCUT2D eigenvalue weighted by Gasteiger charge is 2.17. The molecule has 5 nitrogen and oxygen atoms in total. The molecule has 0 bridgehead atoms. The first-order valence-electron chi connectivity index (χ1n) is 9.37. The number of nitrogens with two attached hydrogens (primary N) is 1. The molecule has 1 fully saturated rings. The molecule has 0 atom stereocenters. The van der Waals surface area contributed by atoms with Gasteiger partial charge in [0.15, 0.2) is 11.5 Å². The maximum atomic E-state index is 6.26. The van der Waals surface area contributed by atoms with Gasteiger partial charge in [0, 0.05) is 11.1 Å². The molecule has 6 heteroatoms. The molecule has 1 aliphatic rings. The van der Waals surface area contributed by atoms with E-state index >= 15 is 0 Å². The van der Waals surface area contributed by atoms with Crippen LogP contribution in [0.4, 0.5) is 11.5 Å². The van der Waals surface area contributed by atoms with Gasteiger partial charge in [0.05, 0.1) is 22.5 Å². The number of nitrogens with zero attached hydrogens (tertiary/aromatic N) is 4. The SMILES string of the molecule is Cc1cn2nc(N=Cc3sc(C4CCCCCC4)cc3N)cc(C)c2n1. The van der Waals surface area contributed by atoms with Gasteiger partial charge < -0.3 is 5.73 Å². The number of thiophene rings is 1. The van der Waals surface area contributed by atoms with Crippen molar-refractivity contribution >= 4 is 34.7 Å². The Morgan fingerprint density at radius 2 is 1.96 bits per heavy atom. The van der Waals surface area contributed by atoms with E-state index in [2.05, 4.69) is 21.1 Å². The fourth-order valence-electron chi connectivity index (χ4n) is 3.72. The van der Waals surface area contributed by atoms with E-state index in [1.54, 1.807) is 15.9 Å². The van der Waals surface area contributed by atoms with Gasteiger partial charge in [-0.3, -0.25) is 0 Å². The third kappa shape index (κ3) is 3.51. The molecule has 0 spiro atoms. The van der Waals surface area contributed by atoms with Gasteiger partial charge in [0.25, 0.3) is 0 Å². The molecule has 3 heterocycles. The van der Waals surface area contributed by atoms with Crippen LogP contribution in [0, 0.1) is 13.8 Å². The minimum absolute atomic E-state index is 0.664. The van der Waals surface area contributed by atoms with Crippen LogP contribution < -0.4 is 5.73 Å². The van der Waals surface area contributed by atoms with Crippen LogP contribution in [0.5, 0.6) is 0 Å². The van der Waals surface area contributed by atoms with E-state index < -0.39 is 0 Å². The molecule has 136 valence electrons. The highest BCUT2D eigenvalue weighted by atomic mass is 32.1. The van der Waals surface area contributed by atoms with Crippen LogP contribution in [0.25, 0.3) is 5.65 Å². The minimum Gasteiger partial charge on any atom is -0.398 e. The van der Waals surface area contributed by atoms with Gasteiger partial charge in [-0.2, -0.15) is 0 Å². The zero-order valence-electron chi connectivity index (χ0n) is 15.4. The lowest BCUT2D eigenvalue weighted by Gasteiger charge is -2.10. The summed E-state index contributed by atoms with van der Waals surface area (Å²) in [5.41, 5.74) is 9.99. The first-order chi connectivity index (χ1) is 12.6. The highest BCUT2D eigenvalue weighted by molar-refractivity contribution is 7.14. The van der Waals surface area contributed by atoms with Gasteiger partial charge in [-0.05, 0) is 50.3 Å². The van der Waals surface area contributed by atoms with E-state index in [9.17, 15) is 0 Å². The van der Waals surface area contributed by atoms with Gasteiger partial charge in [-0.25, -0.2) is 14.5 Å². The molecule has 26 heavy (non-hydrogen) atoms. The van der Waals surface area contributed by atoms with Crippen LogP contribution in [0.1, 0.15) is 65.5 Å². The van der Waals surface area contributed by atoms with Crippen molar-refractivity contribution in [3.05, 3.63) is 39.3 Å². The van der Waals surface area contributed by atoms with Crippen LogP contribution in [-0.4, -0.2) is 20.8 Å². The van der Waals surface area contributed by atoms with Crippen LogP contribution >= 0.6 is 11.3 Å². The van der Waals surface area contributed by atoms with E-state index in [4.69, 9.17) is 5.73 Å². The second kappa shape index (κ2) is 7.19. The number of aromatic nitrogens is 3. The summed E-state index contributed by atoms with van der Waals surface area (Å²) in [6, 6.07) is 4.12. The number of hydrogen-bond acceptors (Lipinski definition) is 5. The van der Waals surface area contributed by atoms with Crippen molar-refractivity contribution < 1.29 is 0 Å². The summed E-state index contributed by atoms with van der Waals surface area (Å²) < 4.78 is 1.80. The molecule has 3 aromatic rings. The standard InChI is InChI=1S/C20H25N5S/c1-13-9-19(24-25-12-14(2)23-20(13)25)22-11-18-16(21)10-17(26-18)15-7-5-3-4-6-8-15/h9-12,15H,3-8,21H2,1-2H3. The Bertz CT molecular complexity index is 945. The zero-order valence-corrected chi connectivity index (χ0v) is 16.2. The summed E-state index contributed by atoms with van der Waals surface area (Å²) in [7, 11) is 0. The second-order valence-corrected chi connectivity index (χ2v) is 8.37. The first kappa shape index (κ1) is 17.2. The van der Waals surface area contributed by atoms with E-state index in [1.165, 1.54) is 43.4 Å². The smallest absolute Gasteiger partial charge is 0.173 e. The molecule has 4 rings (SSSR count). The summed E-state index contributed by atoms with van der Waals surface area (Å²) in [5.74, 6) is 1.34. The number of aliphatic imine (C=N–C) groups is 1. The molecule has 3 aromatic heterocycles. The number of fused-ring (bicyclic) bond motifs is 1. The normalized spacial score (nSPS) is 16.5. The Morgan fingerprint density at radius 1 is 1.19 bits per heavy atom. The number of aryl methyl sites for hydroxylation is 2. The molecular formula is C20H25N5S. The summed E-state index contributed by atoms with van der Waals surface area (Å²) in [4.78, 5) is 11.5. The Kier molecular flexibility index (Phi) is 4.76. The number of rotatable bonds is 3. The van der Waals surface area contributed by atoms with Crippen molar-refractivity contribution in [3.8, 4) is 0 Å². The Labute approximate surface area is 158 Å². The topological polar surface area (TPSA) is 68.6 Å². The van der Waals surface area contributed by atoms with Crippen LogP contribution in [0.15, 0.2) is 23.3 Å². The van der Waals surface area contributed by atoms with E-state index in [0.29, 0.717) is 11.7 Å². The lowest BCUT2D eigenvalue weighted by Crippen LogP contribution is -1.93. The molecule has 0 aliphatic heterocycles. The molecule has 2 N–H and O–H groups in total. The summed E-state index contributed by atoms with van der Waals surface area (Å²) in [6.07, 6.45) is 11.8. The monoisotopic (exact) mass is 367 g/mol. The largest absolute Gasteiger partial charge is 0.398 e. The lowest BCUT2D eigenvalue weighted by molar-refractivity contribution is 0.602. The summed E-state index contributed by atoms with van der Waals surface area (Å²) >= 11 is 1.79. The fraction of sp³-hybridized carbons (Fsp3) is 0.450. The maximum Gasteiger partial charge on any atom is 0.173 e. The van der Waals surface area contributed by atoms with Gasteiger partial charge >= 0.3 is 0 Å². The number of anilines is 1.